The molecule has 2 aromatic carbocycles. The maximum Gasteiger partial charge on any atom is 0.327 e. The van der Waals surface area contributed by atoms with Crippen LogP contribution < -0.4 is 10.1 Å². The number of carbonyl (C=O) groups excluding carboxylic acids is 3. The summed E-state index contributed by atoms with van der Waals surface area (Å²) in [7, 11) is -1.31. The lowest BCUT2D eigenvalue weighted by Crippen LogP contribution is -2.52. The van der Waals surface area contributed by atoms with Gasteiger partial charge in [0.1, 0.15) is 19.1 Å². The SMILES string of the molecule is CC#CCOc1ccc2c(c1)C(=O)N(C[C@@]1(c3ccccc3)NC(=O)N(COCC[Si](C)(C)C)C1=O)C2. The number of nitrogens with one attached hydrogen (secondary N) is 1. The number of urea groups is 1. The van der Waals surface area contributed by atoms with Gasteiger partial charge < -0.3 is 19.7 Å². The molecule has 0 radical (unpaired) electrons. The Bertz CT molecular complexity index is 1250. The fraction of sp³-hybridized carbons (Fsp3) is 0.393. The molecule has 2 heterocycles. The van der Waals surface area contributed by atoms with Gasteiger partial charge in [-0.3, -0.25) is 9.59 Å². The molecule has 9 heteroatoms. The van der Waals surface area contributed by atoms with Crippen molar-refractivity contribution in [1.29, 1.82) is 0 Å². The van der Waals surface area contributed by atoms with Crippen molar-refractivity contribution in [3.05, 3.63) is 65.2 Å². The van der Waals surface area contributed by atoms with E-state index in [9.17, 15) is 14.4 Å². The predicted octanol–water partition coefficient (Wildman–Crippen LogP) is 3.80. The van der Waals surface area contributed by atoms with Gasteiger partial charge in [-0.25, -0.2) is 9.69 Å². The minimum Gasteiger partial charge on any atom is -0.481 e. The van der Waals surface area contributed by atoms with Crippen LogP contribution in [0.1, 0.15) is 28.4 Å². The van der Waals surface area contributed by atoms with Gasteiger partial charge in [0.05, 0.1) is 6.54 Å². The lowest BCUT2D eigenvalue weighted by molar-refractivity contribution is -0.135. The van der Waals surface area contributed by atoms with E-state index < -0.39 is 25.6 Å². The number of hydrogen-bond acceptors (Lipinski definition) is 5. The Labute approximate surface area is 218 Å². The van der Waals surface area contributed by atoms with Crippen molar-refractivity contribution in [1.82, 2.24) is 15.1 Å². The van der Waals surface area contributed by atoms with Crippen molar-refractivity contribution in [2.75, 3.05) is 26.5 Å². The van der Waals surface area contributed by atoms with Gasteiger partial charge in [-0.05, 0) is 36.2 Å². The molecule has 4 amide bonds. The smallest absolute Gasteiger partial charge is 0.327 e. The van der Waals surface area contributed by atoms with Crippen LogP contribution in [0.25, 0.3) is 0 Å². The summed E-state index contributed by atoms with van der Waals surface area (Å²) < 4.78 is 11.4. The molecule has 0 spiro atoms. The zero-order chi connectivity index (χ0) is 26.6. The fourth-order valence-corrected chi connectivity index (χ4v) is 5.19. The standard InChI is InChI=1S/C28H33N3O5Si/c1-5-6-14-36-23-13-12-21-18-30(25(32)24(21)17-23)19-28(22-10-8-7-9-11-22)26(33)31(27(34)29-28)20-35-15-16-37(2,3)4/h7-13,17H,14-16,18-20H2,1-4H3,(H,29,34)/t28-/m0/s1. The van der Waals surface area contributed by atoms with E-state index in [4.69, 9.17) is 9.47 Å². The summed E-state index contributed by atoms with van der Waals surface area (Å²) in [6.45, 7) is 9.38. The van der Waals surface area contributed by atoms with Gasteiger partial charge in [0.2, 0.25) is 0 Å². The summed E-state index contributed by atoms with van der Waals surface area (Å²) in [6, 6.07) is 14.8. The molecule has 1 atom stereocenters. The Morgan fingerprint density at radius 1 is 1.08 bits per heavy atom. The van der Waals surface area contributed by atoms with Gasteiger partial charge in [0, 0.05) is 26.8 Å². The normalized spacial score (nSPS) is 19.0. The largest absolute Gasteiger partial charge is 0.481 e. The maximum atomic E-state index is 13.8. The van der Waals surface area contributed by atoms with Crippen LogP contribution in [0.4, 0.5) is 4.79 Å². The summed E-state index contributed by atoms with van der Waals surface area (Å²) in [5.74, 6) is 5.52. The highest BCUT2D eigenvalue weighted by atomic mass is 28.3. The quantitative estimate of drug-likeness (QED) is 0.223. The van der Waals surface area contributed by atoms with E-state index in [0.29, 0.717) is 30.0 Å². The highest BCUT2D eigenvalue weighted by Crippen LogP contribution is 2.34. The van der Waals surface area contributed by atoms with E-state index in [1.165, 1.54) is 0 Å². The molecule has 0 aromatic heterocycles. The van der Waals surface area contributed by atoms with Crippen LogP contribution in [0.15, 0.2) is 48.5 Å². The Hall–Kier alpha value is -3.61. The summed E-state index contributed by atoms with van der Waals surface area (Å²) >= 11 is 0. The molecule has 2 aromatic rings. The average molecular weight is 520 g/mol. The highest BCUT2D eigenvalue weighted by molar-refractivity contribution is 6.76. The Morgan fingerprint density at radius 3 is 2.54 bits per heavy atom. The van der Waals surface area contributed by atoms with Crippen LogP contribution in [0, 0.1) is 11.8 Å². The third-order valence-electron chi connectivity index (χ3n) is 6.54. The van der Waals surface area contributed by atoms with Gasteiger partial charge in [-0.15, -0.1) is 5.92 Å². The van der Waals surface area contributed by atoms with E-state index in [1.54, 1.807) is 30.0 Å². The average Bonchev–Trinajstić information content (AvgIpc) is 3.30. The number of nitrogens with zero attached hydrogens (tertiary/aromatic N) is 2. The molecule has 1 fully saturated rings. The molecule has 2 aliphatic heterocycles. The van der Waals surface area contributed by atoms with Crippen molar-refractivity contribution in [3.63, 3.8) is 0 Å². The van der Waals surface area contributed by atoms with Crippen molar-refractivity contribution in [3.8, 4) is 17.6 Å². The number of benzene rings is 2. The molecule has 1 saturated heterocycles. The molecule has 194 valence electrons. The molecule has 2 aliphatic rings. The van der Waals surface area contributed by atoms with E-state index in [1.807, 2.05) is 30.3 Å². The molecular weight excluding hydrogens is 486 g/mol. The minimum atomic E-state index is -1.41. The number of amides is 4. The van der Waals surface area contributed by atoms with Crippen LogP contribution in [0.5, 0.6) is 5.75 Å². The van der Waals surface area contributed by atoms with E-state index in [0.717, 1.165) is 16.5 Å². The lowest BCUT2D eigenvalue weighted by Gasteiger charge is -2.31. The van der Waals surface area contributed by atoms with E-state index in [-0.39, 0.29) is 25.8 Å². The first-order valence-electron chi connectivity index (χ1n) is 12.4. The van der Waals surface area contributed by atoms with Crippen LogP contribution in [-0.4, -0.2) is 62.2 Å². The van der Waals surface area contributed by atoms with Crippen LogP contribution in [-0.2, 0) is 21.6 Å². The summed E-state index contributed by atoms with van der Waals surface area (Å²) in [5, 5.41) is 2.89. The first-order chi connectivity index (χ1) is 17.6. The van der Waals surface area contributed by atoms with E-state index >= 15 is 0 Å². The van der Waals surface area contributed by atoms with Crippen LogP contribution in [0.2, 0.25) is 25.7 Å². The molecule has 0 bridgehead atoms. The topological polar surface area (TPSA) is 88.2 Å². The fourth-order valence-electron chi connectivity index (χ4n) is 4.43. The third kappa shape index (κ3) is 5.71. The summed E-state index contributed by atoms with van der Waals surface area (Å²) in [6.07, 6.45) is 0. The van der Waals surface area contributed by atoms with Crippen molar-refractivity contribution in [2.45, 2.75) is 44.7 Å². The van der Waals surface area contributed by atoms with Crippen molar-refractivity contribution >= 4 is 25.9 Å². The summed E-state index contributed by atoms with van der Waals surface area (Å²) in [4.78, 5) is 42.9. The van der Waals surface area contributed by atoms with Crippen molar-refractivity contribution < 1.29 is 23.9 Å². The first-order valence-corrected chi connectivity index (χ1v) is 16.1. The van der Waals surface area contributed by atoms with Gasteiger partial charge in [0.15, 0.2) is 5.54 Å². The van der Waals surface area contributed by atoms with Crippen molar-refractivity contribution in [2.24, 2.45) is 0 Å². The molecular formula is C28H33N3O5Si. The number of carbonyl (C=O) groups is 3. The number of rotatable bonds is 10. The predicted molar refractivity (Wildman–Crippen MR) is 143 cm³/mol. The van der Waals surface area contributed by atoms with Gasteiger partial charge >= 0.3 is 6.03 Å². The van der Waals surface area contributed by atoms with Crippen LogP contribution in [0.3, 0.4) is 0 Å². The molecule has 37 heavy (non-hydrogen) atoms. The number of ether oxygens (including phenoxy) is 2. The zero-order valence-corrected chi connectivity index (χ0v) is 22.8. The highest BCUT2D eigenvalue weighted by Gasteiger charge is 2.54. The lowest BCUT2D eigenvalue weighted by atomic mass is 9.89. The molecule has 0 aliphatic carbocycles. The van der Waals surface area contributed by atoms with E-state index in [2.05, 4.69) is 36.8 Å². The monoisotopic (exact) mass is 519 g/mol. The van der Waals surface area contributed by atoms with Gasteiger partial charge in [-0.1, -0.05) is 62.0 Å². The second kappa shape index (κ2) is 10.8. The van der Waals surface area contributed by atoms with Gasteiger partial charge in [-0.2, -0.15) is 0 Å². The second-order valence-corrected chi connectivity index (χ2v) is 16.1. The molecule has 4 rings (SSSR count). The third-order valence-corrected chi connectivity index (χ3v) is 8.24. The number of fused-ring (bicyclic) bond motifs is 1. The second-order valence-electron chi connectivity index (χ2n) is 10.5. The molecule has 1 N–H and O–H groups in total. The summed E-state index contributed by atoms with van der Waals surface area (Å²) in [5.41, 5.74) is 0.566. The molecule has 8 nitrogen and oxygen atoms in total. The van der Waals surface area contributed by atoms with Crippen LogP contribution >= 0.6 is 0 Å². The number of hydrogen-bond donors (Lipinski definition) is 1. The maximum absolute atomic E-state index is 13.8. The zero-order valence-electron chi connectivity index (χ0n) is 21.8. The molecule has 0 saturated carbocycles. The minimum absolute atomic E-state index is 0.00198. The Kier molecular flexibility index (Phi) is 7.71. The number of imide groups is 1. The van der Waals surface area contributed by atoms with Gasteiger partial charge in [0.25, 0.3) is 11.8 Å². The Balaban J connectivity index is 1.55. The first kappa shape index (κ1) is 26.4. The molecule has 0 unspecified atom stereocenters. The Morgan fingerprint density at radius 2 is 1.84 bits per heavy atom.